The van der Waals surface area contributed by atoms with E-state index in [4.69, 9.17) is 4.74 Å². The van der Waals surface area contributed by atoms with Crippen LogP contribution >= 0.6 is 0 Å². The predicted octanol–water partition coefficient (Wildman–Crippen LogP) is 2.39. The summed E-state index contributed by atoms with van der Waals surface area (Å²) in [5.41, 5.74) is -2.37. The van der Waals surface area contributed by atoms with E-state index >= 15 is 0 Å². The fraction of sp³-hybridized carbons (Fsp3) is 0.486. The normalized spacial score (nSPS) is 34.1. The van der Waals surface area contributed by atoms with Gasteiger partial charge in [0, 0.05) is 40.9 Å². The second-order valence-corrected chi connectivity index (χ2v) is 13.0. The number of aliphatic hydroxyl groups is 4. The van der Waals surface area contributed by atoms with Crippen LogP contribution in [-0.4, -0.2) is 84.6 Å². The van der Waals surface area contributed by atoms with Crippen molar-refractivity contribution in [2.75, 3.05) is 0 Å². The molecule has 0 spiro atoms. The van der Waals surface area contributed by atoms with Crippen LogP contribution in [0.15, 0.2) is 47.2 Å². The lowest BCUT2D eigenvalue weighted by molar-refractivity contribution is -0.254. The summed E-state index contributed by atoms with van der Waals surface area (Å²) in [5, 5.41) is 68.7. The van der Waals surface area contributed by atoms with Crippen LogP contribution in [0.3, 0.4) is 0 Å². The van der Waals surface area contributed by atoms with E-state index in [-0.39, 0.29) is 16.7 Å². The zero-order chi connectivity index (χ0) is 35.2. The van der Waals surface area contributed by atoms with Gasteiger partial charge in [0.15, 0.2) is 17.9 Å². The van der Waals surface area contributed by atoms with Gasteiger partial charge in [-0.05, 0) is 26.3 Å². The standard InChI is InChI=1S/C35H43NO11/c1-13-9-8-10-14(2)34(45)36-21-12-22(37)23-24(30(42)17(5)31(43)25(23)32(21)44)27(39)15(3)11-20-29(41)19(7)33(47-35(20)46)18(6)28(40)16(4)26(13)38/h8-13,16,18-20,26,28-29,33,35,38,40-43,46H,1-7H3,(H,36,45)/t13-,16+,18+,19+,20-,26-,28+,29+,33-,35?/m0/s1. The van der Waals surface area contributed by atoms with E-state index in [9.17, 15) is 49.8 Å². The van der Waals surface area contributed by atoms with Gasteiger partial charge in [0.1, 0.15) is 11.5 Å². The number of phenolic OH excluding ortho intramolecular Hbond substituents is 2. The van der Waals surface area contributed by atoms with E-state index in [0.717, 1.165) is 6.08 Å². The molecule has 1 fully saturated rings. The molecule has 7 rings (SSSR count). The number of rotatable bonds is 0. The molecule has 254 valence electrons. The van der Waals surface area contributed by atoms with E-state index in [1.54, 1.807) is 33.8 Å². The van der Waals surface area contributed by atoms with Gasteiger partial charge in [-0.25, -0.2) is 0 Å². The number of ether oxygens (including phenoxy) is 1. The number of ketones is 3. The highest BCUT2D eigenvalue weighted by Crippen LogP contribution is 2.42. The minimum absolute atomic E-state index is 0.112. The first kappa shape index (κ1) is 35.9. The molecular formula is C35H43NO11. The van der Waals surface area contributed by atoms with Crippen molar-refractivity contribution in [1.82, 2.24) is 5.32 Å². The maximum atomic E-state index is 13.8. The minimum Gasteiger partial charge on any atom is -0.507 e. The van der Waals surface area contributed by atoms with Gasteiger partial charge in [0.05, 0.1) is 52.7 Å². The number of Topliss-reactive ketones (excluding diaryl/α,β-unsaturated/α-hetero) is 2. The van der Waals surface area contributed by atoms with Crippen LogP contribution in [0.2, 0.25) is 0 Å². The Bertz CT molecular complexity index is 1620. The number of nitrogens with one attached hydrogen (secondary N) is 1. The molecule has 1 unspecified atom stereocenters. The topological polar surface area (TPSA) is 211 Å². The number of hydrogen-bond acceptors (Lipinski definition) is 11. The van der Waals surface area contributed by atoms with Crippen LogP contribution < -0.4 is 5.32 Å². The third-order valence-electron chi connectivity index (χ3n) is 9.82. The Morgan fingerprint density at radius 1 is 0.723 bits per heavy atom. The smallest absolute Gasteiger partial charge is 0.251 e. The summed E-state index contributed by atoms with van der Waals surface area (Å²) in [6.45, 7) is 10.8. The van der Waals surface area contributed by atoms with Crippen LogP contribution in [0.4, 0.5) is 0 Å². The average Bonchev–Trinajstić information content (AvgIpc) is 3.03. The third-order valence-corrected chi connectivity index (χ3v) is 9.82. The monoisotopic (exact) mass is 653 g/mol. The molecule has 5 aliphatic heterocycles. The summed E-state index contributed by atoms with van der Waals surface area (Å²) in [6.07, 6.45) is 0.789. The van der Waals surface area contributed by atoms with Crippen molar-refractivity contribution in [2.24, 2.45) is 29.6 Å². The van der Waals surface area contributed by atoms with E-state index in [0.29, 0.717) is 0 Å². The Kier molecular flexibility index (Phi) is 10.4. The number of aromatic hydroxyl groups is 2. The number of carbonyl (C=O) groups excluding carboxylic acids is 4. The average molecular weight is 654 g/mol. The molecule has 0 aromatic heterocycles. The second-order valence-electron chi connectivity index (χ2n) is 13.0. The van der Waals surface area contributed by atoms with Gasteiger partial charge in [-0.2, -0.15) is 0 Å². The van der Waals surface area contributed by atoms with Crippen LogP contribution in [0, 0.1) is 36.5 Å². The molecule has 6 aliphatic rings. The number of benzene rings is 1. The summed E-state index contributed by atoms with van der Waals surface area (Å²) in [6, 6.07) is 0. The van der Waals surface area contributed by atoms with Crippen molar-refractivity contribution in [2.45, 2.75) is 79.2 Å². The van der Waals surface area contributed by atoms with Gasteiger partial charge in [0.25, 0.3) is 5.91 Å². The highest BCUT2D eigenvalue weighted by Gasteiger charge is 2.46. The highest BCUT2D eigenvalue weighted by molar-refractivity contribution is 6.31. The number of phenols is 2. The molecule has 1 aromatic carbocycles. The van der Waals surface area contributed by atoms with Crippen LogP contribution in [0.1, 0.15) is 78.2 Å². The quantitative estimate of drug-likeness (QED) is 0.216. The molecule has 1 amide bonds. The highest BCUT2D eigenvalue weighted by atomic mass is 16.6. The summed E-state index contributed by atoms with van der Waals surface area (Å²) < 4.78 is 5.89. The van der Waals surface area contributed by atoms with Crippen molar-refractivity contribution in [3.05, 3.63) is 69.5 Å². The molecule has 1 saturated heterocycles. The summed E-state index contributed by atoms with van der Waals surface area (Å²) in [7, 11) is 0. The van der Waals surface area contributed by atoms with Gasteiger partial charge < -0.3 is 40.7 Å². The minimum atomic E-state index is -1.62. The van der Waals surface area contributed by atoms with E-state index in [1.165, 1.54) is 39.0 Å². The molecule has 0 radical (unpaired) electrons. The van der Waals surface area contributed by atoms with Crippen molar-refractivity contribution in [3.63, 3.8) is 0 Å². The first-order chi connectivity index (χ1) is 21.9. The van der Waals surface area contributed by atoms with Gasteiger partial charge in [-0.1, -0.05) is 52.0 Å². The lowest BCUT2D eigenvalue weighted by Crippen LogP contribution is -2.54. The molecule has 0 saturated carbocycles. The first-order valence-electron chi connectivity index (χ1n) is 15.6. The van der Waals surface area contributed by atoms with E-state index in [2.05, 4.69) is 5.32 Å². The molecule has 5 heterocycles. The molecule has 6 bridgehead atoms. The lowest BCUT2D eigenvalue weighted by atomic mass is 9.75. The van der Waals surface area contributed by atoms with Gasteiger partial charge in [0.2, 0.25) is 5.78 Å². The van der Waals surface area contributed by atoms with Crippen molar-refractivity contribution in [3.8, 4) is 11.5 Å². The summed E-state index contributed by atoms with van der Waals surface area (Å²) >= 11 is 0. The SMILES string of the molecule is CC1=CC=C[C@H](C)[C@H](O)[C@@H](C)[C@@H](O)[C@@H](C)[C@@H]2OC(O)[C@@H](C=C(C)C(=O)c3c(O)c(C)c(O)c4c3C(=O)C=C(NC1=O)C4=O)[C@H](O)[C@H]2C. The van der Waals surface area contributed by atoms with E-state index in [1.807, 2.05) is 0 Å². The van der Waals surface area contributed by atoms with Gasteiger partial charge >= 0.3 is 0 Å². The maximum absolute atomic E-state index is 13.8. The molecule has 47 heavy (non-hydrogen) atoms. The largest absolute Gasteiger partial charge is 0.507 e. The fourth-order valence-electron chi connectivity index (χ4n) is 6.61. The molecule has 12 nitrogen and oxygen atoms in total. The number of hydrogen-bond donors (Lipinski definition) is 7. The Morgan fingerprint density at radius 3 is 1.91 bits per heavy atom. The Hall–Kier alpha value is -3.94. The number of carbonyl (C=O) groups is 4. The fourth-order valence-corrected chi connectivity index (χ4v) is 6.61. The number of aliphatic hydroxyl groups excluding tert-OH is 4. The van der Waals surface area contributed by atoms with Gasteiger partial charge in [-0.15, -0.1) is 0 Å². The Morgan fingerprint density at radius 2 is 1.30 bits per heavy atom. The molecule has 10 atom stereocenters. The zero-order valence-corrected chi connectivity index (χ0v) is 27.4. The summed E-state index contributed by atoms with van der Waals surface area (Å²) in [4.78, 5) is 53.8. The van der Waals surface area contributed by atoms with Crippen molar-refractivity contribution < 1.29 is 54.6 Å². The van der Waals surface area contributed by atoms with E-state index < -0.39 is 117 Å². The maximum Gasteiger partial charge on any atom is 0.251 e. The van der Waals surface area contributed by atoms with Crippen LogP contribution in [0.5, 0.6) is 11.5 Å². The number of amides is 1. The lowest BCUT2D eigenvalue weighted by Gasteiger charge is -2.45. The second kappa shape index (κ2) is 13.7. The third kappa shape index (κ3) is 6.48. The van der Waals surface area contributed by atoms with Gasteiger partial charge in [-0.3, -0.25) is 19.2 Å². The van der Waals surface area contributed by atoms with Crippen LogP contribution in [0.25, 0.3) is 0 Å². The van der Waals surface area contributed by atoms with Crippen LogP contribution in [-0.2, 0) is 9.53 Å². The molecule has 7 N–H and O–H groups in total. The molecular weight excluding hydrogens is 610 g/mol. The molecule has 1 aliphatic carbocycles. The summed E-state index contributed by atoms with van der Waals surface area (Å²) in [5.74, 6) is -8.62. The predicted molar refractivity (Wildman–Crippen MR) is 169 cm³/mol. The molecule has 1 aromatic rings. The first-order valence-corrected chi connectivity index (χ1v) is 15.6. The number of allylic oxidation sites excluding steroid dienone is 5. The van der Waals surface area contributed by atoms with Crippen molar-refractivity contribution in [1.29, 1.82) is 0 Å². The zero-order valence-electron chi connectivity index (χ0n) is 27.4. The molecule has 12 heteroatoms. The Labute approximate surface area is 272 Å². The van der Waals surface area contributed by atoms with Crippen molar-refractivity contribution >= 4 is 23.3 Å². The Balaban J connectivity index is 1.88.